The number of primary amides is 1. The van der Waals surface area contributed by atoms with Crippen molar-refractivity contribution in [3.63, 3.8) is 0 Å². The van der Waals surface area contributed by atoms with E-state index in [0.717, 1.165) is 0 Å². The maximum Gasteiger partial charge on any atom is 0.312 e. The molecule has 122 valence electrons. The van der Waals surface area contributed by atoms with E-state index in [2.05, 4.69) is 5.32 Å². The number of nitrogens with zero attached hydrogens (tertiary/aromatic N) is 1. The number of nitrogens with two attached hydrogens (primary N) is 1. The van der Waals surface area contributed by atoms with E-state index in [4.69, 9.17) is 10.8 Å². The Morgan fingerprint density at radius 3 is 2.10 bits per heavy atom. The van der Waals surface area contributed by atoms with Crippen LogP contribution in [0.25, 0.3) is 0 Å². The summed E-state index contributed by atoms with van der Waals surface area (Å²) in [5.41, 5.74) is 4.58. The average Bonchev–Trinajstić information content (AvgIpc) is 2.24. The summed E-state index contributed by atoms with van der Waals surface area (Å²) in [5, 5.41) is 11.3. The molecule has 0 aromatic rings. The van der Waals surface area contributed by atoms with E-state index in [9.17, 15) is 14.4 Å². The molecule has 0 saturated heterocycles. The van der Waals surface area contributed by atoms with E-state index >= 15 is 0 Å². The zero-order chi connectivity index (χ0) is 16.8. The Labute approximate surface area is 125 Å². The van der Waals surface area contributed by atoms with Crippen LogP contribution in [0.15, 0.2) is 0 Å². The van der Waals surface area contributed by atoms with Crippen LogP contribution in [0.1, 0.15) is 47.5 Å². The summed E-state index contributed by atoms with van der Waals surface area (Å²) in [5.74, 6) is -1.09. The molecule has 0 heterocycles. The number of nitrogens with one attached hydrogen (secondary N) is 1. The molecule has 0 saturated carbocycles. The molecule has 7 heteroatoms. The first kappa shape index (κ1) is 19.2. The van der Waals surface area contributed by atoms with Gasteiger partial charge in [-0.1, -0.05) is 13.8 Å². The molecule has 0 aliphatic rings. The Morgan fingerprint density at radius 1 is 1.24 bits per heavy atom. The van der Waals surface area contributed by atoms with Crippen molar-refractivity contribution in [3.8, 4) is 0 Å². The number of carboxylic acid groups (broad SMARTS) is 1. The SMILES string of the molecule is CC(C)CC(NC(N)=O)C(=O)N(CCC(=O)O)C(C)(C)C. The van der Waals surface area contributed by atoms with Gasteiger partial charge in [-0.05, 0) is 33.1 Å². The lowest BCUT2D eigenvalue weighted by molar-refractivity contribution is -0.142. The van der Waals surface area contributed by atoms with Gasteiger partial charge in [-0.15, -0.1) is 0 Å². The summed E-state index contributed by atoms with van der Waals surface area (Å²) in [6.07, 6.45) is 0.301. The van der Waals surface area contributed by atoms with E-state index < -0.39 is 23.6 Å². The standard InChI is InChI=1S/C14H27N3O4/c1-9(2)8-10(16-13(15)21)12(20)17(14(3,4)5)7-6-11(18)19/h9-10H,6-8H2,1-5H3,(H,18,19)(H3,15,16,21). The van der Waals surface area contributed by atoms with Gasteiger partial charge in [-0.25, -0.2) is 4.79 Å². The fraction of sp³-hybridized carbons (Fsp3) is 0.786. The molecule has 1 unspecified atom stereocenters. The molecule has 0 aromatic heterocycles. The Bertz CT molecular complexity index is 388. The van der Waals surface area contributed by atoms with Crippen LogP contribution in [0.5, 0.6) is 0 Å². The number of aliphatic carboxylic acids is 1. The van der Waals surface area contributed by atoms with Crippen LogP contribution in [0, 0.1) is 5.92 Å². The molecule has 0 radical (unpaired) electrons. The number of carbonyl (C=O) groups excluding carboxylic acids is 2. The minimum atomic E-state index is -0.972. The predicted molar refractivity (Wildman–Crippen MR) is 79.7 cm³/mol. The topological polar surface area (TPSA) is 113 Å². The molecule has 7 nitrogen and oxygen atoms in total. The van der Waals surface area contributed by atoms with Crippen LogP contribution >= 0.6 is 0 Å². The van der Waals surface area contributed by atoms with Gasteiger partial charge in [0.2, 0.25) is 5.91 Å². The van der Waals surface area contributed by atoms with Crippen molar-refractivity contribution in [2.45, 2.75) is 59.0 Å². The summed E-state index contributed by atoms with van der Waals surface area (Å²) in [7, 11) is 0. The first-order valence-corrected chi connectivity index (χ1v) is 7.04. The Hall–Kier alpha value is -1.79. The lowest BCUT2D eigenvalue weighted by Crippen LogP contribution is -2.56. The molecular weight excluding hydrogens is 274 g/mol. The zero-order valence-electron chi connectivity index (χ0n) is 13.5. The molecule has 1 atom stereocenters. The second-order valence-electron chi connectivity index (χ2n) is 6.50. The van der Waals surface area contributed by atoms with Gasteiger partial charge in [0.05, 0.1) is 6.42 Å². The summed E-state index contributed by atoms with van der Waals surface area (Å²) in [4.78, 5) is 35.9. The maximum atomic E-state index is 12.6. The largest absolute Gasteiger partial charge is 0.481 e. The number of urea groups is 1. The molecule has 3 amide bonds. The highest BCUT2D eigenvalue weighted by Gasteiger charge is 2.32. The second kappa shape index (κ2) is 7.85. The minimum absolute atomic E-state index is 0.0900. The number of rotatable bonds is 7. The molecule has 0 aromatic carbocycles. The van der Waals surface area contributed by atoms with Crippen molar-refractivity contribution in [1.82, 2.24) is 10.2 Å². The number of hydrogen-bond acceptors (Lipinski definition) is 3. The molecule has 0 fully saturated rings. The molecule has 0 bridgehead atoms. The maximum absolute atomic E-state index is 12.6. The molecular formula is C14H27N3O4. The van der Waals surface area contributed by atoms with E-state index in [1.54, 1.807) is 0 Å². The number of hydrogen-bond donors (Lipinski definition) is 3. The third-order valence-corrected chi connectivity index (χ3v) is 2.95. The highest BCUT2D eigenvalue weighted by molar-refractivity contribution is 5.87. The molecule has 21 heavy (non-hydrogen) atoms. The Morgan fingerprint density at radius 2 is 1.76 bits per heavy atom. The fourth-order valence-corrected chi connectivity index (χ4v) is 2.04. The van der Waals surface area contributed by atoms with Crippen LogP contribution in [0.2, 0.25) is 0 Å². The van der Waals surface area contributed by atoms with Gasteiger partial charge in [-0.3, -0.25) is 9.59 Å². The molecule has 4 N–H and O–H groups in total. The summed E-state index contributed by atoms with van der Waals surface area (Å²) in [6.45, 7) is 9.42. The van der Waals surface area contributed by atoms with E-state index in [0.29, 0.717) is 6.42 Å². The van der Waals surface area contributed by atoms with Crippen molar-refractivity contribution < 1.29 is 19.5 Å². The quantitative estimate of drug-likeness (QED) is 0.655. The lowest BCUT2D eigenvalue weighted by Gasteiger charge is -2.38. The van der Waals surface area contributed by atoms with Gasteiger partial charge in [0, 0.05) is 12.1 Å². The Kier molecular flexibility index (Phi) is 7.18. The average molecular weight is 301 g/mol. The predicted octanol–water partition coefficient (Wildman–Crippen LogP) is 1.17. The Balaban J connectivity index is 5.17. The van der Waals surface area contributed by atoms with Gasteiger partial charge in [0.15, 0.2) is 0 Å². The van der Waals surface area contributed by atoms with Gasteiger partial charge in [-0.2, -0.15) is 0 Å². The molecule has 0 rings (SSSR count). The third kappa shape index (κ3) is 7.53. The normalized spacial score (nSPS) is 12.9. The smallest absolute Gasteiger partial charge is 0.312 e. The van der Waals surface area contributed by atoms with Crippen LogP contribution in [-0.2, 0) is 9.59 Å². The molecule has 0 spiro atoms. The summed E-state index contributed by atoms with van der Waals surface area (Å²) < 4.78 is 0. The lowest BCUT2D eigenvalue weighted by atomic mass is 9.99. The van der Waals surface area contributed by atoms with Crippen LogP contribution < -0.4 is 11.1 Å². The highest BCUT2D eigenvalue weighted by atomic mass is 16.4. The number of carboxylic acids is 1. The van der Waals surface area contributed by atoms with Crippen LogP contribution in [-0.4, -0.2) is 46.0 Å². The van der Waals surface area contributed by atoms with Crippen molar-refractivity contribution in [3.05, 3.63) is 0 Å². The molecule has 0 aliphatic carbocycles. The fourth-order valence-electron chi connectivity index (χ4n) is 2.04. The van der Waals surface area contributed by atoms with E-state index in [1.807, 2.05) is 34.6 Å². The minimum Gasteiger partial charge on any atom is -0.481 e. The molecule has 0 aliphatic heterocycles. The first-order chi connectivity index (χ1) is 9.45. The number of amides is 3. The monoisotopic (exact) mass is 301 g/mol. The summed E-state index contributed by atoms with van der Waals surface area (Å²) >= 11 is 0. The van der Waals surface area contributed by atoms with Gasteiger partial charge < -0.3 is 21.1 Å². The summed E-state index contributed by atoms with van der Waals surface area (Å²) in [6, 6.07) is -1.50. The van der Waals surface area contributed by atoms with Gasteiger partial charge >= 0.3 is 12.0 Å². The van der Waals surface area contributed by atoms with Crippen molar-refractivity contribution >= 4 is 17.9 Å². The second-order valence-corrected chi connectivity index (χ2v) is 6.50. The van der Waals surface area contributed by atoms with Crippen molar-refractivity contribution in [2.75, 3.05) is 6.54 Å². The first-order valence-electron chi connectivity index (χ1n) is 7.04. The highest BCUT2D eigenvalue weighted by Crippen LogP contribution is 2.18. The third-order valence-electron chi connectivity index (χ3n) is 2.95. The van der Waals surface area contributed by atoms with E-state index in [-0.39, 0.29) is 24.8 Å². The van der Waals surface area contributed by atoms with Crippen molar-refractivity contribution in [2.24, 2.45) is 11.7 Å². The van der Waals surface area contributed by atoms with Gasteiger partial charge in [0.1, 0.15) is 6.04 Å². The van der Waals surface area contributed by atoms with Crippen LogP contribution in [0.4, 0.5) is 4.79 Å². The number of carbonyl (C=O) groups is 3. The van der Waals surface area contributed by atoms with E-state index in [1.165, 1.54) is 4.90 Å². The van der Waals surface area contributed by atoms with Gasteiger partial charge in [0.25, 0.3) is 0 Å². The zero-order valence-corrected chi connectivity index (χ0v) is 13.5. The van der Waals surface area contributed by atoms with Crippen LogP contribution in [0.3, 0.4) is 0 Å². The van der Waals surface area contributed by atoms with Crippen molar-refractivity contribution in [1.29, 1.82) is 0 Å².